The van der Waals surface area contributed by atoms with Crippen molar-refractivity contribution in [3.8, 4) is 0 Å². The molecule has 0 aliphatic heterocycles. The molecule has 9 heteroatoms. The smallest absolute Gasteiger partial charge is 0.336 e. The molecule has 0 aliphatic carbocycles. The maximum Gasteiger partial charge on any atom is 0.336 e. The molecule has 8 nitrogen and oxygen atoms in total. The van der Waals surface area contributed by atoms with Gasteiger partial charge in [0.2, 0.25) is 10.0 Å². The van der Waals surface area contributed by atoms with Gasteiger partial charge in [-0.3, -0.25) is 14.5 Å². The number of benzene rings is 2. The van der Waals surface area contributed by atoms with Crippen LogP contribution in [0.5, 0.6) is 0 Å². The zero-order valence-corrected chi connectivity index (χ0v) is 17.3. The van der Waals surface area contributed by atoms with Gasteiger partial charge >= 0.3 is 5.97 Å². The number of carboxylic acid groups (broad SMARTS) is 1. The molecule has 0 saturated carbocycles. The van der Waals surface area contributed by atoms with Crippen molar-refractivity contribution in [3.63, 3.8) is 0 Å². The van der Waals surface area contributed by atoms with Crippen LogP contribution >= 0.6 is 0 Å². The second-order valence-corrected chi connectivity index (χ2v) is 8.57. The highest BCUT2D eigenvalue weighted by Gasteiger charge is 2.23. The molecule has 0 bridgehead atoms. The number of carbonyl (C=O) groups excluding carboxylic acids is 1. The van der Waals surface area contributed by atoms with E-state index in [1.54, 1.807) is 60.9 Å². The van der Waals surface area contributed by atoms with Crippen LogP contribution < -0.4 is 4.72 Å². The van der Waals surface area contributed by atoms with Gasteiger partial charge in [0.25, 0.3) is 5.91 Å². The molecule has 0 atom stereocenters. The summed E-state index contributed by atoms with van der Waals surface area (Å²) < 4.78 is 27.5. The molecule has 1 amide bonds. The number of pyridine rings is 1. The summed E-state index contributed by atoms with van der Waals surface area (Å²) in [5.74, 6) is -2.16. The van der Waals surface area contributed by atoms with Crippen LogP contribution in [0.15, 0.2) is 79.1 Å². The molecule has 31 heavy (non-hydrogen) atoms. The summed E-state index contributed by atoms with van der Waals surface area (Å²) in [5, 5.41) is 9.42. The quantitative estimate of drug-likeness (QED) is 0.530. The van der Waals surface area contributed by atoms with E-state index in [1.165, 1.54) is 23.1 Å². The van der Waals surface area contributed by atoms with Crippen molar-refractivity contribution in [3.05, 3.63) is 95.8 Å². The van der Waals surface area contributed by atoms with Crippen LogP contribution in [0.4, 0.5) is 5.69 Å². The van der Waals surface area contributed by atoms with E-state index in [-0.39, 0.29) is 30.0 Å². The standard InChI is InChI=1S/C22H21N3O5S/c26-21(19-10-4-5-11-20(19)22(27)28)25(16-17-7-6-12-23-15-17)13-14-31(29,30)24-18-8-2-1-3-9-18/h1-12,15,24H,13-14,16H2,(H,27,28). The number of hydrogen-bond donors (Lipinski definition) is 2. The Hall–Kier alpha value is -3.72. The topological polar surface area (TPSA) is 117 Å². The Morgan fingerprint density at radius 2 is 1.61 bits per heavy atom. The third kappa shape index (κ3) is 6.13. The molecule has 0 aliphatic rings. The van der Waals surface area contributed by atoms with Gasteiger partial charge in [-0.05, 0) is 35.9 Å². The lowest BCUT2D eigenvalue weighted by atomic mass is 10.1. The highest BCUT2D eigenvalue weighted by molar-refractivity contribution is 7.92. The summed E-state index contributed by atoms with van der Waals surface area (Å²) in [6.07, 6.45) is 3.16. The van der Waals surface area contributed by atoms with Gasteiger partial charge < -0.3 is 10.0 Å². The summed E-state index contributed by atoms with van der Waals surface area (Å²) in [7, 11) is -3.74. The first-order valence-corrected chi connectivity index (χ1v) is 11.1. The number of aromatic nitrogens is 1. The number of sulfonamides is 1. The average molecular weight is 439 g/mol. The van der Waals surface area contributed by atoms with Gasteiger partial charge in [0.1, 0.15) is 0 Å². The maximum atomic E-state index is 13.2. The number of anilines is 1. The molecule has 3 rings (SSSR count). The van der Waals surface area contributed by atoms with Crippen molar-refractivity contribution in [2.45, 2.75) is 6.54 Å². The maximum absolute atomic E-state index is 13.2. The fourth-order valence-corrected chi connectivity index (χ4v) is 4.02. The Kier molecular flexibility index (Phi) is 6.99. The minimum absolute atomic E-state index is 0.00712. The minimum atomic E-state index is -3.74. The number of nitrogens with zero attached hydrogens (tertiary/aromatic N) is 2. The number of carboxylic acids is 1. The summed E-state index contributed by atoms with van der Waals surface area (Å²) in [5.41, 5.74) is 0.960. The van der Waals surface area contributed by atoms with Crippen molar-refractivity contribution >= 4 is 27.6 Å². The lowest BCUT2D eigenvalue weighted by Crippen LogP contribution is -2.36. The zero-order valence-electron chi connectivity index (χ0n) is 16.5. The SMILES string of the molecule is O=C(O)c1ccccc1C(=O)N(CCS(=O)(=O)Nc1ccccc1)Cc1cccnc1. The Morgan fingerprint density at radius 1 is 0.935 bits per heavy atom. The van der Waals surface area contributed by atoms with Crippen LogP contribution in [-0.2, 0) is 16.6 Å². The molecule has 2 aromatic carbocycles. The number of amides is 1. The zero-order chi connectivity index (χ0) is 22.3. The molecular formula is C22H21N3O5S. The average Bonchev–Trinajstić information content (AvgIpc) is 2.77. The lowest BCUT2D eigenvalue weighted by molar-refractivity contribution is 0.0674. The Morgan fingerprint density at radius 3 is 2.26 bits per heavy atom. The van der Waals surface area contributed by atoms with Gasteiger partial charge in [0.15, 0.2) is 0 Å². The van der Waals surface area contributed by atoms with Gasteiger partial charge in [-0.15, -0.1) is 0 Å². The monoisotopic (exact) mass is 439 g/mol. The Labute approximate surface area is 180 Å². The molecule has 2 N–H and O–H groups in total. The van der Waals surface area contributed by atoms with Crippen LogP contribution in [0.2, 0.25) is 0 Å². The Bertz CT molecular complexity index is 1150. The van der Waals surface area contributed by atoms with E-state index in [0.717, 1.165) is 0 Å². The van der Waals surface area contributed by atoms with Crippen LogP contribution in [0.1, 0.15) is 26.3 Å². The lowest BCUT2D eigenvalue weighted by Gasteiger charge is -2.23. The third-order valence-electron chi connectivity index (χ3n) is 4.45. The number of rotatable bonds is 9. The Balaban J connectivity index is 1.83. The van der Waals surface area contributed by atoms with Gasteiger partial charge in [0, 0.05) is 31.2 Å². The van der Waals surface area contributed by atoms with E-state index in [9.17, 15) is 23.1 Å². The predicted octanol–water partition coefficient (Wildman–Crippen LogP) is 2.86. The van der Waals surface area contributed by atoms with Crippen molar-refractivity contribution in [1.29, 1.82) is 0 Å². The molecule has 160 valence electrons. The fourth-order valence-electron chi connectivity index (χ4n) is 2.96. The van der Waals surface area contributed by atoms with E-state index in [1.807, 2.05) is 0 Å². The van der Waals surface area contributed by atoms with Crippen molar-refractivity contribution < 1.29 is 23.1 Å². The first kappa shape index (κ1) is 22.0. The summed E-state index contributed by atoms with van der Waals surface area (Å²) >= 11 is 0. The fraction of sp³-hybridized carbons (Fsp3) is 0.136. The van der Waals surface area contributed by atoms with E-state index >= 15 is 0 Å². The molecule has 0 unspecified atom stereocenters. The summed E-state index contributed by atoms with van der Waals surface area (Å²) in [4.78, 5) is 30.0. The van der Waals surface area contributed by atoms with Gasteiger partial charge in [-0.2, -0.15) is 0 Å². The van der Waals surface area contributed by atoms with Gasteiger partial charge in [-0.25, -0.2) is 13.2 Å². The summed E-state index contributed by atoms with van der Waals surface area (Å²) in [6.45, 7) is -0.0503. The number of nitrogens with one attached hydrogen (secondary N) is 1. The van der Waals surface area contributed by atoms with Crippen LogP contribution in [0.3, 0.4) is 0 Å². The minimum Gasteiger partial charge on any atom is -0.478 e. The van der Waals surface area contributed by atoms with Crippen LogP contribution in [-0.4, -0.2) is 47.6 Å². The predicted molar refractivity (Wildman–Crippen MR) is 116 cm³/mol. The van der Waals surface area contributed by atoms with Crippen LogP contribution in [0, 0.1) is 0 Å². The number of carbonyl (C=O) groups is 2. The molecule has 0 fully saturated rings. The van der Waals surface area contributed by atoms with E-state index < -0.39 is 21.9 Å². The normalized spacial score (nSPS) is 11.0. The number of para-hydroxylation sites is 1. The molecule has 1 aromatic heterocycles. The van der Waals surface area contributed by atoms with Gasteiger partial charge in [0.05, 0.1) is 16.9 Å². The number of aromatic carboxylic acids is 1. The van der Waals surface area contributed by atoms with E-state index in [2.05, 4.69) is 9.71 Å². The van der Waals surface area contributed by atoms with Crippen molar-refractivity contribution in [1.82, 2.24) is 9.88 Å². The molecule has 0 spiro atoms. The second kappa shape index (κ2) is 9.86. The van der Waals surface area contributed by atoms with E-state index in [0.29, 0.717) is 11.3 Å². The highest BCUT2D eigenvalue weighted by Crippen LogP contribution is 2.15. The first-order chi connectivity index (χ1) is 14.9. The van der Waals surface area contributed by atoms with Crippen molar-refractivity contribution in [2.75, 3.05) is 17.0 Å². The highest BCUT2D eigenvalue weighted by atomic mass is 32.2. The summed E-state index contributed by atoms with van der Waals surface area (Å²) in [6, 6.07) is 17.7. The third-order valence-corrected chi connectivity index (χ3v) is 5.72. The number of hydrogen-bond acceptors (Lipinski definition) is 5. The molecule has 3 aromatic rings. The van der Waals surface area contributed by atoms with Crippen LogP contribution in [0.25, 0.3) is 0 Å². The molecular weight excluding hydrogens is 418 g/mol. The first-order valence-electron chi connectivity index (χ1n) is 9.42. The van der Waals surface area contributed by atoms with Gasteiger partial charge in [-0.1, -0.05) is 36.4 Å². The molecule has 0 saturated heterocycles. The largest absolute Gasteiger partial charge is 0.478 e. The van der Waals surface area contributed by atoms with E-state index in [4.69, 9.17) is 0 Å². The van der Waals surface area contributed by atoms with Crippen molar-refractivity contribution in [2.24, 2.45) is 0 Å². The second-order valence-electron chi connectivity index (χ2n) is 6.73. The molecule has 0 radical (unpaired) electrons. The molecule has 1 heterocycles.